The minimum Gasteiger partial charge on any atom is -0.490 e. The Bertz CT molecular complexity index is 420. The lowest BCUT2D eigenvalue weighted by Gasteiger charge is -2.15. The van der Waals surface area contributed by atoms with E-state index in [2.05, 4.69) is 5.16 Å². The lowest BCUT2D eigenvalue weighted by atomic mass is 10.1. The van der Waals surface area contributed by atoms with E-state index in [4.69, 9.17) is 9.94 Å². The van der Waals surface area contributed by atoms with Crippen LogP contribution in [0.3, 0.4) is 0 Å². The summed E-state index contributed by atoms with van der Waals surface area (Å²) in [5.41, 5.74) is 2.65. The van der Waals surface area contributed by atoms with Crippen molar-refractivity contribution in [3.63, 3.8) is 0 Å². The Morgan fingerprint density at radius 2 is 2.06 bits per heavy atom. The smallest absolute Gasteiger partial charge is 0.122 e. The first-order chi connectivity index (χ1) is 8.20. The monoisotopic (exact) mass is 233 g/mol. The van der Waals surface area contributed by atoms with Crippen LogP contribution in [0.25, 0.3) is 0 Å². The molecule has 1 aromatic carbocycles. The molecule has 17 heavy (non-hydrogen) atoms. The van der Waals surface area contributed by atoms with Gasteiger partial charge in [0.1, 0.15) is 5.75 Å². The predicted molar refractivity (Wildman–Crippen MR) is 68.1 cm³/mol. The van der Waals surface area contributed by atoms with Gasteiger partial charge >= 0.3 is 0 Å². The second-order valence-corrected chi connectivity index (χ2v) is 4.69. The minimum atomic E-state index is 0.382. The van der Waals surface area contributed by atoms with E-state index in [9.17, 15) is 0 Å². The van der Waals surface area contributed by atoms with E-state index in [0.29, 0.717) is 11.8 Å². The predicted octanol–water partition coefficient (Wildman–Crippen LogP) is 3.51. The van der Waals surface area contributed by atoms with E-state index in [1.165, 1.54) is 12.8 Å². The largest absolute Gasteiger partial charge is 0.490 e. The molecule has 0 aromatic heterocycles. The summed E-state index contributed by atoms with van der Waals surface area (Å²) in [7, 11) is 0. The number of nitrogens with zero attached hydrogens (tertiary/aromatic N) is 1. The van der Waals surface area contributed by atoms with Gasteiger partial charge in [-0.1, -0.05) is 5.16 Å². The molecule has 0 spiro atoms. The summed E-state index contributed by atoms with van der Waals surface area (Å²) < 4.78 is 5.97. The first kappa shape index (κ1) is 12.0. The average Bonchev–Trinajstić information content (AvgIpc) is 2.83. The van der Waals surface area contributed by atoms with E-state index in [1.54, 1.807) is 6.92 Å². The summed E-state index contributed by atoms with van der Waals surface area (Å²) in [6.45, 7) is 3.81. The third kappa shape index (κ3) is 2.78. The van der Waals surface area contributed by atoms with Gasteiger partial charge in [0.25, 0.3) is 0 Å². The molecule has 0 heterocycles. The zero-order chi connectivity index (χ0) is 12.3. The lowest BCUT2D eigenvalue weighted by Crippen LogP contribution is -2.11. The van der Waals surface area contributed by atoms with Crippen LogP contribution in [0.5, 0.6) is 5.75 Å². The van der Waals surface area contributed by atoms with Crippen molar-refractivity contribution in [3.05, 3.63) is 29.3 Å². The van der Waals surface area contributed by atoms with Crippen LogP contribution in [-0.4, -0.2) is 17.0 Å². The van der Waals surface area contributed by atoms with Gasteiger partial charge in [-0.3, -0.25) is 0 Å². The Hall–Kier alpha value is -1.51. The van der Waals surface area contributed by atoms with Crippen molar-refractivity contribution in [1.82, 2.24) is 0 Å². The Morgan fingerprint density at radius 3 is 2.65 bits per heavy atom. The molecule has 1 aromatic rings. The van der Waals surface area contributed by atoms with Gasteiger partial charge in [0.2, 0.25) is 0 Å². The van der Waals surface area contributed by atoms with E-state index < -0.39 is 0 Å². The molecule has 2 rings (SSSR count). The minimum absolute atomic E-state index is 0.382. The highest BCUT2D eigenvalue weighted by Crippen LogP contribution is 2.27. The first-order valence-corrected chi connectivity index (χ1v) is 6.17. The van der Waals surface area contributed by atoms with Crippen molar-refractivity contribution < 1.29 is 9.94 Å². The summed E-state index contributed by atoms with van der Waals surface area (Å²) in [4.78, 5) is 0. The van der Waals surface area contributed by atoms with E-state index in [0.717, 1.165) is 29.7 Å². The third-order valence-electron chi connectivity index (χ3n) is 3.34. The van der Waals surface area contributed by atoms with Gasteiger partial charge in [-0.25, -0.2) is 0 Å². The van der Waals surface area contributed by atoms with Crippen molar-refractivity contribution in [2.24, 2.45) is 5.16 Å². The maximum atomic E-state index is 8.73. The number of oxime groups is 1. The highest BCUT2D eigenvalue weighted by Gasteiger charge is 2.17. The molecule has 0 radical (unpaired) electrons. The molecule has 1 aliphatic carbocycles. The summed E-state index contributed by atoms with van der Waals surface area (Å²) in [6.07, 6.45) is 5.26. The molecule has 3 nitrogen and oxygen atoms in total. The molecule has 1 saturated carbocycles. The molecule has 1 fully saturated rings. The summed E-state index contributed by atoms with van der Waals surface area (Å²) >= 11 is 0. The molecule has 0 bridgehead atoms. The Morgan fingerprint density at radius 1 is 1.35 bits per heavy atom. The number of ether oxygens (including phenoxy) is 1. The van der Waals surface area contributed by atoms with Gasteiger partial charge in [-0.2, -0.15) is 0 Å². The van der Waals surface area contributed by atoms with Crippen LogP contribution in [0, 0.1) is 6.92 Å². The maximum absolute atomic E-state index is 8.73. The first-order valence-electron chi connectivity index (χ1n) is 6.17. The SMILES string of the molecule is C/C(=N\O)c1ccc(OC2CCCC2)c(C)c1. The third-order valence-corrected chi connectivity index (χ3v) is 3.34. The zero-order valence-electron chi connectivity index (χ0n) is 10.4. The van der Waals surface area contributed by atoms with Crippen LogP contribution in [0.4, 0.5) is 0 Å². The van der Waals surface area contributed by atoms with E-state index >= 15 is 0 Å². The second kappa shape index (κ2) is 5.21. The van der Waals surface area contributed by atoms with Gasteiger partial charge in [-0.15, -0.1) is 0 Å². The van der Waals surface area contributed by atoms with Crippen LogP contribution < -0.4 is 4.74 Å². The van der Waals surface area contributed by atoms with Crippen LogP contribution in [0.2, 0.25) is 0 Å². The average molecular weight is 233 g/mol. The number of rotatable bonds is 3. The quantitative estimate of drug-likeness (QED) is 0.493. The Kier molecular flexibility index (Phi) is 3.67. The van der Waals surface area contributed by atoms with Gasteiger partial charge in [0.05, 0.1) is 11.8 Å². The number of aryl methyl sites for hydroxylation is 1. The van der Waals surface area contributed by atoms with Crippen LogP contribution in [-0.2, 0) is 0 Å². The second-order valence-electron chi connectivity index (χ2n) is 4.69. The fourth-order valence-electron chi connectivity index (χ4n) is 2.25. The molecule has 0 saturated heterocycles. The normalized spacial score (nSPS) is 17.4. The number of benzene rings is 1. The van der Waals surface area contributed by atoms with Gasteiger partial charge < -0.3 is 9.94 Å². The van der Waals surface area contributed by atoms with Crippen LogP contribution >= 0.6 is 0 Å². The molecule has 0 amide bonds. The maximum Gasteiger partial charge on any atom is 0.122 e. The Labute approximate surface area is 102 Å². The highest BCUT2D eigenvalue weighted by atomic mass is 16.5. The van der Waals surface area contributed by atoms with E-state index in [1.807, 2.05) is 25.1 Å². The van der Waals surface area contributed by atoms with Crippen LogP contribution in [0.15, 0.2) is 23.4 Å². The molecule has 0 unspecified atom stereocenters. The van der Waals surface area contributed by atoms with Crippen molar-refractivity contribution in [3.8, 4) is 5.75 Å². The fraction of sp³-hybridized carbons (Fsp3) is 0.500. The van der Waals surface area contributed by atoms with Crippen LogP contribution in [0.1, 0.15) is 43.7 Å². The standard InChI is InChI=1S/C14H19NO2/c1-10-9-12(11(2)15-16)7-8-14(10)17-13-5-3-4-6-13/h7-9,13,16H,3-6H2,1-2H3/b15-11+. The van der Waals surface area contributed by atoms with Crippen molar-refractivity contribution >= 4 is 5.71 Å². The van der Waals surface area contributed by atoms with Gasteiger partial charge in [0, 0.05) is 0 Å². The topological polar surface area (TPSA) is 41.8 Å². The summed E-state index contributed by atoms with van der Waals surface area (Å²) in [5.74, 6) is 0.950. The molecule has 1 aliphatic rings. The lowest BCUT2D eigenvalue weighted by molar-refractivity contribution is 0.208. The van der Waals surface area contributed by atoms with Gasteiger partial charge in [-0.05, 0) is 68.9 Å². The summed E-state index contributed by atoms with van der Waals surface area (Å²) in [5, 5.41) is 11.9. The van der Waals surface area contributed by atoms with Crippen molar-refractivity contribution in [1.29, 1.82) is 0 Å². The van der Waals surface area contributed by atoms with Gasteiger partial charge in [0.15, 0.2) is 0 Å². The van der Waals surface area contributed by atoms with E-state index in [-0.39, 0.29) is 0 Å². The molecule has 1 N–H and O–H groups in total. The van der Waals surface area contributed by atoms with Crippen molar-refractivity contribution in [2.75, 3.05) is 0 Å². The molecular formula is C14H19NO2. The molecule has 92 valence electrons. The molecule has 3 heteroatoms. The fourth-order valence-corrected chi connectivity index (χ4v) is 2.25. The zero-order valence-corrected chi connectivity index (χ0v) is 10.4. The Balaban J connectivity index is 2.13. The number of hydrogen-bond acceptors (Lipinski definition) is 3. The summed E-state index contributed by atoms with van der Waals surface area (Å²) in [6, 6.07) is 5.91. The highest BCUT2D eigenvalue weighted by molar-refractivity contribution is 5.98. The van der Waals surface area contributed by atoms with Crippen molar-refractivity contribution in [2.45, 2.75) is 45.6 Å². The molecule has 0 atom stereocenters. The molecular weight excluding hydrogens is 214 g/mol. The number of hydrogen-bond donors (Lipinski definition) is 1. The molecule has 0 aliphatic heterocycles.